The maximum Gasteiger partial charge on any atom is 0.251 e. The first kappa shape index (κ1) is 12.2. The van der Waals surface area contributed by atoms with Gasteiger partial charge in [0, 0.05) is 18.4 Å². The summed E-state index contributed by atoms with van der Waals surface area (Å²) < 4.78 is 48.4. The topological polar surface area (TPSA) is 60.2 Å². The van der Waals surface area contributed by atoms with E-state index in [9.17, 15) is 17.2 Å². The average Bonchev–Trinajstić information content (AvgIpc) is 2.17. The lowest BCUT2D eigenvalue weighted by molar-refractivity contribution is -0.141. The zero-order valence-corrected chi connectivity index (χ0v) is 10.3. The van der Waals surface area contributed by atoms with Gasteiger partial charge in [-0.1, -0.05) is 0 Å². The van der Waals surface area contributed by atoms with Crippen LogP contribution in [0.2, 0.25) is 0 Å². The highest BCUT2D eigenvalue weighted by molar-refractivity contribution is 7.93. The number of rotatable bonds is 1. The van der Waals surface area contributed by atoms with Crippen LogP contribution in [-0.4, -0.2) is 30.4 Å². The third-order valence-electron chi connectivity index (χ3n) is 4.19. The van der Waals surface area contributed by atoms with E-state index in [0.29, 0.717) is 6.42 Å². The Hall–Kier alpha value is -0.230. The van der Waals surface area contributed by atoms with E-state index < -0.39 is 26.0 Å². The predicted octanol–water partition coefficient (Wildman–Crippen LogP) is 1.33. The molecule has 0 bridgehead atoms. The van der Waals surface area contributed by atoms with Crippen LogP contribution in [0.3, 0.4) is 0 Å². The standard InChI is InChI=1S/C10H17F2NO2S/c1-8(2)7(3-4-16(8,14)15)9(13)5-10(11,12)6-9/h7H,3-6,13H2,1-2H3. The molecule has 1 aliphatic carbocycles. The molecule has 1 saturated heterocycles. The maximum absolute atomic E-state index is 12.9. The Kier molecular flexibility index (Phi) is 2.26. The minimum Gasteiger partial charge on any atom is -0.324 e. The summed E-state index contributed by atoms with van der Waals surface area (Å²) in [5.74, 6) is -3.00. The van der Waals surface area contributed by atoms with E-state index in [1.165, 1.54) is 0 Å². The van der Waals surface area contributed by atoms with Gasteiger partial charge in [-0.15, -0.1) is 0 Å². The molecule has 2 N–H and O–H groups in total. The van der Waals surface area contributed by atoms with Crippen LogP contribution in [0.5, 0.6) is 0 Å². The Morgan fingerprint density at radius 3 is 2.06 bits per heavy atom. The molecule has 1 heterocycles. The van der Waals surface area contributed by atoms with Gasteiger partial charge >= 0.3 is 0 Å². The van der Waals surface area contributed by atoms with Gasteiger partial charge in [0.2, 0.25) is 0 Å². The highest BCUT2D eigenvalue weighted by Gasteiger charge is 2.64. The van der Waals surface area contributed by atoms with E-state index in [4.69, 9.17) is 5.73 Å². The summed E-state index contributed by atoms with van der Waals surface area (Å²) in [7, 11) is -3.20. The van der Waals surface area contributed by atoms with Crippen molar-refractivity contribution in [3.05, 3.63) is 0 Å². The normalized spacial score (nSPS) is 37.9. The Morgan fingerprint density at radius 1 is 1.25 bits per heavy atom. The second kappa shape index (κ2) is 2.96. The predicted molar refractivity (Wildman–Crippen MR) is 57.1 cm³/mol. The molecule has 1 aliphatic heterocycles. The van der Waals surface area contributed by atoms with Gasteiger partial charge in [-0.2, -0.15) is 0 Å². The Labute approximate surface area is 94.3 Å². The van der Waals surface area contributed by atoms with Crippen LogP contribution in [0.15, 0.2) is 0 Å². The molecule has 0 radical (unpaired) electrons. The van der Waals surface area contributed by atoms with Crippen molar-refractivity contribution in [1.82, 2.24) is 0 Å². The molecule has 0 aromatic rings. The molecule has 2 aliphatic rings. The first-order chi connectivity index (χ1) is 7.00. The van der Waals surface area contributed by atoms with Gasteiger partial charge < -0.3 is 5.73 Å². The third kappa shape index (κ3) is 1.49. The summed E-state index contributed by atoms with van der Waals surface area (Å²) in [5, 5.41) is 0. The SMILES string of the molecule is CC1(C)C(C2(N)CC(F)(F)C2)CCS1(=O)=O. The van der Waals surface area contributed by atoms with Gasteiger partial charge in [0.05, 0.1) is 10.5 Å². The molecule has 16 heavy (non-hydrogen) atoms. The van der Waals surface area contributed by atoms with E-state index in [-0.39, 0.29) is 24.5 Å². The van der Waals surface area contributed by atoms with E-state index in [2.05, 4.69) is 0 Å². The first-order valence-electron chi connectivity index (χ1n) is 5.39. The number of alkyl halides is 2. The molecule has 0 aromatic heterocycles. The number of nitrogens with two attached hydrogens (primary N) is 1. The van der Waals surface area contributed by atoms with Crippen molar-refractivity contribution in [2.45, 2.75) is 49.3 Å². The molecule has 94 valence electrons. The molecule has 3 nitrogen and oxygen atoms in total. The number of hydrogen-bond donors (Lipinski definition) is 1. The van der Waals surface area contributed by atoms with Crippen LogP contribution in [-0.2, 0) is 9.84 Å². The van der Waals surface area contributed by atoms with Crippen molar-refractivity contribution in [2.75, 3.05) is 5.75 Å². The summed E-state index contributed by atoms with van der Waals surface area (Å²) in [5.41, 5.74) is 4.93. The van der Waals surface area contributed by atoms with Crippen LogP contribution in [0, 0.1) is 5.92 Å². The number of hydrogen-bond acceptors (Lipinski definition) is 3. The third-order valence-corrected chi connectivity index (χ3v) is 6.85. The fourth-order valence-electron chi connectivity index (χ4n) is 3.24. The highest BCUT2D eigenvalue weighted by atomic mass is 32.2. The van der Waals surface area contributed by atoms with E-state index in [0.717, 1.165) is 0 Å². The van der Waals surface area contributed by atoms with Crippen molar-refractivity contribution >= 4 is 9.84 Å². The summed E-state index contributed by atoms with van der Waals surface area (Å²) in [6, 6.07) is 0. The van der Waals surface area contributed by atoms with Gasteiger partial charge in [-0.05, 0) is 26.2 Å². The largest absolute Gasteiger partial charge is 0.324 e. The fraction of sp³-hybridized carbons (Fsp3) is 1.00. The van der Waals surface area contributed by atoms with E-state index in [1.807, 2.05) is 0 Å². The molecule has 0 amide bonds. The molecule has 2 fully saturated rings. The summed E-state index contributed by atoms with van der Waals surface area (Å²) in [6.45, 7) is 3.20. The second-order valence-electron chi connectivity index (χ2n) is 5.71. The zero-order valence-electron chi connectivity index (χ0n) is 9.46. The fourth-order valence-corrected chi connectivity index (χ4v) is 5.10. The van der Waals surface area contributed by atoms with Crippen LogP contribution in [0.1, 0.15) is 33.1 Å². The Morgan fingerprint density at radius 2 is 1.75 bits per heavy atom. The van der Waals surface area contributed by atoms with Crippen LogP contribution >= 0.6 is 0 Å². The smallest absolute Gasteiger partial charge is 0.251 e. The summed E-state index contributed by atoms with van der Waals surface area (Å²) >= 11 is 0. The van der Waals surface area contributed by atoms with Crippen molar-refractivity contribution < 1.29 is 17.2 Å². The molecular weight excluding hydrogens is 236 g/mol. The Balaban J connectivity index is 2.26. The zero-order chi connectivity index (χ0) is 12.4. The lowest BCUT2D eigenvalue weighted by atomic mass is 9.62. The molecule has 1 unspecified atom stereocenters. The average molecular weight is 253 g/mol. The van der Waals surface area contributed by atoms with Gasteiger partial charge in [0.1, 0.15) is 0 Å². The maximum atomic E-state index is 12.9. The van der Waals surface area contributed by atoms with E-state index >= 15 is 0 Å². The lowest BCUT2D eigenvalue weighted by Crippen LogP contribution is -2.65. The molecule has 1 saturated carbocycles. The van der Waals surface area contributed by atoms with Gasteiger partial charge in [-0.25, -0.2) is 17.2 Å². The second-order valence-corrected chi connectivity index (χ2v) is 8.40. The Bertz CT molecular complexity index is 409. The van der Waals surface area contributed by atoms with Crippen LogP contribution in [0.4, 0.5) is 8.78 Å². The minimum absolute atomic E-state index is 0.0647. The van der Waals surface area contributed by atoms with Gasteiger partial charge in [0.15, 0.2) is 9.84 Å². The van der Waals surface area contributed by atoms with Gasteiger partial charge in [0.25, 0.3) is 5.92 Å². The van der Waals surface area contributed by atoms with Crippen molar-refractivity contribution in [2.24, 2.45) is 11.7 Å². The van der Waals surface area contributed by atoms with Crippen molar-refractivity contribution in [3.63, 3.8) is 0 Å². The van der Waals surface area contributed by atoms with E-state index in [1.54, 1.807) is 13.8 Å². The van der Waals surface area contributed by atoms with Crippen LogP contribution in [0.25, 0.3) is 0 Å². The van der Waals surface area contributed by atoms with Crippen molar-refractivity contribution in [1.29, 1.82) is 0 Å². The molecule has 2 rings (SSSR count). The highest BCUT2D eigenvalue weighted by Crippen LogP contribution is 2.55. The molecule has 0 aromatic carbocycles. The molecule has 0 spiro atoms. The minimum atomic E-state index is -3.20. The molecular formula is C10H17F2NO2S. The summed E-state index contributed by atoms with van der Waals surface area (Å²) in [6.07, 6.45) is -0.366. The van der Waals surface area contributed by atoms with Crippen molar-refractivity contribution in [3.8, 4) is 0 Å². The number of sulfone groups is 1. The summed E-state index contributed by atoms with van der Waals surface area (Å²) in [4.78, 5) is 0. The molecule has 6 heteroatoms. The van der Waals surface area contributed by atoms with Gasteiger partial charge in [-0.3, -0.25) is 0 Å². The monoisotopic (exact) mass is 253 g/mol. The number of halogens is 2. The lowest BCUT2D eigenvalue weighted by Gasteiger charge is -2.51. The molecule has 1 atom stereocenters. The first-order valence-corrected chi connectivity index (χ1v) is 7.04. The quantitative estimate of drug-likeness (QED) is 0.767. The van der Waals surface area contributed by atoms with Crippen LogP contribution < -0.4 is 5.73 Å².